The Hall–Kier alpha value is -3.79. The van der Waals surface area contributed by atoms with Gasteiger partial charge in [-0.3, -0.25) is 9.59 Å². The van der Waals surface area contributed by atoms with E-state index in [9.17, 15) is 14.0 Å². The van der Waals surface area contributed by atoms with Crippen LogP contribution in [-0.2, 0) is 11.2 Å². The van der Waals surface area contributed by atoms with E-state index in [1.165, 1.54) is 40.4 Å². The van der Waals surface area contributed by atoms with Gasteiger partial charge in [0.1, 0.15) is 18.1 Å². The van der Waals surface area contributed by atoms with Gasteiger partial charge in [-0.25, -0.2) is 14.4 Å². The minimum Gasteiger partial charge on any atom is -0.481 e. The molecule has 3 heterocycles. The van der Waals surface area contributed by atoms with E-state index < -0.39 is 0 Å². The summed E-state index contributed by atoms with van der Waals surface area (Å²) in [6, 6.07) is 8.10. The van der Waals surface area contributed by atoms with E-state index in [0.717, 1.165) is 27.0 Å². The maximum absolute atomic E-state index is 13.8. The second-order valence-electron chi connectivity index (χ2n) is 8.27. The molecule has 1 N–H and O–H groups in total. The summed E-state index contributed by atoms with van der Waals surface area (Å²) in [4.78, 5) is 41.8. The molecule has 0 aliphatic heterocycles. The number of ether oxygens (including phenoxy) is 1. The first-order valence-electron chi connectivity index (χ1n) is 11.0. The Kier molecular flexibility index (Phi) is 7.11. The molecule has 1 aromatic carbocycles. The van der Waals surface area contributed by atoms with Crippen LogP contribution in [0.15, 0.2) is 42.7 Å². The van der Waals surface area contributed by atoms with Crippen LogP contribution in [0, 0.1) is 12.7 Å². The van der Waals surface area contributed by atoms with Crippen molar-refractivity contribution in [3.63, 3.8) is 0 Å². The number of thiazole rings is 1. The molecule has 0 fully saturated rings. The molecule has 0 atom stereocenters. The monoisotopic (exact) mass is 495 g/mol. The van der Waals surface area contributed by atoms with Crippen LogP contribution in [0.1, 0.15) is 21.1 Å². The first-order chi connectivity index (χ1) is 16.8. The lowest BCUT2D eigenvalue weighted by atomic mass is 10.1. The predicted octanol–water partition coefficient (Wildman–Crippen LogP) is 3.92. The molecule has 35 heavy (non-hydrogen) atoms. The zero-order chi connectivity index (χ0) is 25.1. The Labute approximate surface area is 206 Å². The summed E-state index contributed by atoms with van der Waals surface area (Å²) in [5, 5.41) is 1.48. The van der Waals surface area contributed by atoms with Crippen molar-refractivity contribution in [3.05, 3.63) is 64.8 Å². The molecule has 4 aromatic rings. The first kappa shape index (κ1) is 24.3. The van der Waals surface area contributed by atoms with Gasteiger partial charge in [-0.15, -0.1) is 11.3 Å². The largest absolute Gasteiger partial charge is 0.481 e. The smallest absolute Gasteiger partial charge is 0.274 e. The zero-order valence-electron chi connectivity index (χ0n) is 20.0. The van der Waals surface area contributed by atoms with Gasteiger partial charge in [0.25, 0.3) is 5.91 Å². The van der Waals surface area contributed by atoms with Crippen molar-refractivity contribution in [2.24, 2.45) is 0 Å². The van der Waals surface area contributed by atoms with Crippen LogP contribution >= 0.6 is 11.3 Å². The highest BCUT2D eigenvalue weighted by molar-refractivity contribution is 7.15. The summed E-state index contributed by atoms with van der Waals surface area (Å²) in [5.41, 5.74) is 2.69. The number of hydrogen-bond acceptors (Lipinski definition) is 6. The molecule has 8 nitrogen and oxygen atoms in total. The third kappa shape index (κ3) is 5.32. The van der Waals surface area contributed by atoms with Gasteiger partial charge < -0.3 is 19.5 Å². The highest BCUT2D eigenvalue weighted by Crippen LogP contribution is 2.31. The van der Waals surface area contributed by atoms with Crippen LogP contribution in [-0.4, -0.2) is 70.9 Å². The van der Waals surface area contributed by atoms with Crippen LogP contribution in [0.4, 0.5) is 4.39 Å². The SMILES string of the molecule is COc1ccc(-c2sc(C)nc2C(=O)N(CCc2c[nH]c3ccc(F)cc23)CC(=O)N(C)C)cn1. The standard InChI is InChI=1S/C25H26FN5O3S/c1-15-29-23(24(35-15)17-5-8-21(34-4)28-13-17)25(33)31(14-22(32)30(2)3)10-9-16-12-27-20-7-6-18(26)11-19(16)20/h5-8,11-13,27H,9-10,14H2,1-4H3. The Bertz CT molecular complexity index is 1360. The normalized spacial score (nSPS) is 11.0. The van der Waals surface area contributed by atoms with E-state index >= 15 is 0 Å². The average Bonchev–Trinajstić information content (AvgIpc) is 3.44. The van der Waals surface area contributed by atoms with Crippen LogP contribution < -0.4 is 4.74 Å². The minimum atomic E-state index is -0.346. The number of carbonyl (C=O) groups excluding carboxylic acids is 2. The number of aromatic nitrogens is 3. The predicted molar refractivity (Wildman–Crippen MR) is 133 cm³/mol. The summed E-state index contributed by atoms with van der Waals surface area (Å²) in [6.07, 6.45) is 3.89. The van der Waals surface area contributed by atoms with E-state index in [2.05, 4.69) is 15.0 Å². The number of nitrogens with zero attached hydrogens (tertiary/aromatic N) is 4. The Morgan fingerprint density at radius 1 is 1.20 bits per heavy atom. The number of rotatable bonds is 8. The van der Waals surface area contributed by atoms with E-state index in [4.69, 9.17) is 4.74 Å². The fraction of sp³-hybridized carbons (Fsp3) is 0.280. The van der Waals surface area contributed by atoms with E-state index in [1.54, 1.807) is 32.4 Å². The van der Waals surface area contributed by atoms with Crippen molar-refractivity contribution >= 4 is 34.1 Å². The number of fused-ring (bicyclic) bond motifs is 1. The number of likely N-dealkylation sites (N-methyl/N-ethyl adjacent to an activating group) is 1. The molecule has 0 radical (unpaired) electrons. The van der Waals surface area contributed by atoms with Gasteiger partial charge in [-0.05, 0) is 43.2 Å². The summed E-state index contributed by atoms with van der Waals surface area (Å²) in [5.74, 6) is -0.412. The molecular formula is C25H26FN5O3S. The van der Waals surface area contributed by atoms with Crippen LogP contribution in [0.3, 0.4) is 0 Å². The number of halogens is 1. The van der Waals surface area contributed by atoms with Gasteiger partial charge in [0, 0.05) is 55.6 Å². The zero-order valence-corrected chi connectivity index (χ0v) is 20.8. The van der Waals surface area contributed by atoms with E-state index in [0.29, 0.717) is 17.2 Å². The number of H-pyrrole nitrogens is 1. The molecule has 4 rings (SSSR count). The average molecular weight is 496 g/mol. The fourth-order valence-electron chi connectivity index (χ4n) is 3.72. The Morgan fingerprint density at radius 3 is 2.69 bits per heavy atom. The molecule has 0 unspecified atom stereocenters. The van der Waals surface area contributed by atoms with E-state index in [1.807, 2.05) is 19.2 Å². The number of hydrogen-bond donors (Lipinski definition) is 1. The van der Waals surface area contributed by atoms with Gasteiger partial charge in [-0.1, -0.05) is 0 Å². The molecule has 10 heteroatoms. The van der Waals surface area contributed by atoms with Crippen molar-refractivity contribution in [2.45, 2.75) is 13.3 Å². The third-order valence-electron chi connectivity index (χ3n) is 5.64. The Balaban J connectivity index is 1.64. The van der Waals surface area contributed by atoms with Crippen molar-refractivity contribution < 1.29 is 18.7 Å². The molecule has 182 valence electrons. The van der Waals surface area contributed by atoms with Crippen LogP contribution in [0.5, 0.6) is 5.88 Å². The highest BCUT2D eigenvalue weighted by Gasteiger charge is 2.26. The van der Waals surface area contributed by atoms with Crippen LogP contribution in [0.25, 0.3) is 21.3 Å². The summed E-state index contributed by atoms with van der Waals surface area (Å²) < 4.78 is 18.9. The number of amides is 2. The van der Waals surface area contributed by atoms with E-state index in [-0.39, 0.29) is 36.4 Å². The summed E-state index contributed by atoms with van der Waals surface area (Å²) >= 11 is 1.39. The molecule has 2 amide bonds. The molecule has 0 aliphatic rings. The maximum atomic E-state index is 13.8. The lowest BCUT2D eigenvalue weighted by Crippen LogP contribution is -2.41. The third-order valence-corrected chi connectivity index (χ3v) is 6.66. The maximum Gasteiger partial charge on any atom is 0.274 e. The first-order valence-corrected chi connectivity index (χ1v) is 11.8. The molecule has 0 aliphatic carbocycles. The molecule has 3 aromatic heterocycles. The molecule has 0 spiro atoms. The second kappa shape index (κ2) is 10.2. The molecular weight excluding hydrogens is 469 g/mol. The topological polar surface area (TPSA) is 91.4 Å². The van der Waals surface area contributed by atoms with Crippen molar-refractivity contribution in [2.75, 3.05) is 34.3 Å². The molecule has 0 saturated heterocycles. The number of methoxy groups -OCH3 is 1. The number of carbonyl (C=O) groups is 2. The molecule has 0 saturated carbocycles. The van der Waals surface area contributed by atoms with Gasteiger partial charge in [0.2, 0.25) is 11.8 Å². The number of aryl methyl sites for hydroxylation is 1. The number of aromatic amines is 1. The second-order valence-corrected chi connectivity index (χ2v) is 9.47. The van der Waals surface area contributed by atoms with Crippen molar-refractivity contribution in [1.29, 1.82) is 0 Å². The van der Waals surface area contributed by atoms with Gasteiger partial charge in [-0.2, -0.15) is 0 Å². The van der Waals surface area contributed by atoms with Gasteiger partial charge in [0.05, 0.1) is 17.0 Å². The summed E-state index contributed by atoms with van der Waals surface area (Å²) in [6.45, 7) is 2.00. The number of benzene rings is 1. The highest BCUT2D eigenvalue weighted by atomic mass is 32.1. The number of pyridine rings is 1. The lowest BCUT2D eigenvalue weighted by molar-refractivity contribution is -0.129. The fourth-order valence-corrected chi connectivity index (χ4v) is 4.62. The quantitative estimate of drug-likeness (QED) is 0.400. The van der Waals surface area contributed by atoms with Gasteiger partial charge >= 0.3 is 0 Å². The van der Waals surface area contributed by atoms with Crippen LogP contribution in [0.2, 0.25) is 0 Å². The lowest BCUT2D eigenvalue weighted by Gasteiger charge is -2.23. The van der Waals surface area contributed by atoms with Gasteiger partial charge in [0.15, 0.2) is 0 Å². The molecule has 0 bridgehead atoms. The minimum absolute atomic E-state index is 0.0978. The Morgan fingerprint density at radius 2 is 2.00 bits per heavy atom. The van der Waals surface area contributed by atoms with Crippen molar-refractivity contribution in [3.8, 4) is 16.3 Å². The number of nitrogens with one attached hydrogen (secondary N) is 1. The summed E-state index contributed by atoms with van der Waals surface area (Å²) in [7, 11) is 4.83. The van der Waals surface area contributed by atoms with Crippen molar-refractivity contribution in [1.82, 2.24) is 24.8 Å².